The first-order valence-corrected chi connectivity index (χ1v) is 9.55. The van der Waals surface area contributed by atoms with Crippen LogP contribution < -0.4 is 10.6 Å². The van der Waals surface area contributed by atoms with E-state index in [0.717, 1.165) is 25.9 Å². The molecular weight excluding hydrogens is 326 g/mol. The SMILES string of the molecule is CC(CC(=O)NCCN1CCCS1(=O)=O)C1CCNCC1.Cl. The van der Waals surface area contributed by atoms with Gasteiger partial charge in [-0.3, -0.25) is 4.79 Å². The van der Waals surface area contributed by atoms with Crippen LogP contribution in [0, 0.1) is 11.8 Å². The number of piperidine rings is 1. The molecule has 2 saturated heterocycles. The lowest BCUT2D eigenvalue weighted by Gasteiger charge is -2.28. The van der Waals surface area contributed by atoms with E-state index < -0.39 is 10.0 Å². The van der Waals surface area contributed by atoms with Gasteiger partial charge in [0.2, 0.25) is 15.9 Å². The number of halogens is 1. The third kappa shape index (κ3) is 5.68. The maximum Gasteiger partial charge on any atom is 0.220 e. The van der Waals surface area contributed by atoms with Crippen molar-refractivity contribution in [2.75, 3.05) is 38.5 Å². The molecule has 1 amide bonds. The summed E-state index contributed by atoms with van der Waals surface area (Å²) in [7, 11) is -3.05. The fraction of sp³-hybridized carbons (Fsp3) is 0.929. The van der Waals surface area contributed by atoms with E-state index in [1.807, 2.05) is 0 Å². The third-order valence-corrected chi connectivity index (χ3v) is 6.54. The number of hydrogen-bond donors (Lipinski definition) is 2. The van der Waals surface area contributed by atoms with Crippen molar-refractivity contribution in [3.8, 4) is 0 Å². The first-order chi connectivity index (χ1) is 9.99. The van der Waals surface area contributed by atoms with E-state index in [1.54, 1.807) is 0 Å². The van der Waals surface area contributed by atoms with Gasteiger partial charge in [0.1, 0.15) is 0 Å². The van der Waals surface area contributed by atoms with E-state index in [9.17, 15) is 13.2 Å². The zero-order valence-electron chi connectivity index (χ0n) is 13.2. The van der Waals surface area contributed by atoms with Gasteiger partial charge in [0, 0.05) is 26.1 Å². The summed E-state index contributed by atoms with van der Waals surface area (Å²) >= 11 is 0. The predicted octanol–water partition coefficient (Wildman–Crippen LogP) is 0.586. The Kier molecular flexibility index (Phi) is 8.10. The lowest BCUT2D eigenvalue weighted by molar-refractivity contribution is -0.122. The Morgan fingerprint density at radius 1 is 1.36 bits per heavy atom. The Labute approximate surface area is 139 Å². The molecule has 130 valence electrons. The highest BCUT2D eigenvalue weighted by molar-refractivity contribution is 7.89. The number of sulfonamides is 1. The molecule has 2 N–H and O–H groups in total. The molecule has 0 spiro atoms. The van der Waals surface area contributed by atoms with Gasteiger partial charge in [-0.05, 0) is 44.2 Å². The van der Waals surface area contributed by atoms with E-state index in [0.29, 0.717) is 44.3 Å². The summed E-state index contributed by atoms with van der Waals surface area (Å²) in [6.07, 6.45) is 3.52. The van der Waals surface area contributed by atoms with Gasteiger partial charge < -0.3 is 10.6 Å². The lowest BCUT2D eigenvalue weighted by Crippen LogP contribution is -2.37. The summed E-state index contributed by atoms with van der Waals surface area (Å²) in [5.74, 6) is 1.30. The van der Waals surface area contributed by atoms with Crippen LogP contribution in [0.2, 0.25) is 0 Å². The lowest BCUT2D eigenvalue weighted by atomic mass is 9.84. The minimum absolute atomic E-state index is 0. The highest BCUT2D eigenvalue weighted by Crippen LogP contribution is 2.24. The number of nitrogens with one attached hydrogen (secondary N) is 2. The van der Waals surface area contributed by atoms with E-state index in [1.165, 1.54) is 4.31 Å². The van der Waals surface area contributed by atoms with Crippen LogP contribution in [0.25, 0.3) is 0 Å². The first kappa shape index (κ1) is 19.7. The molecule has 0 bridgehead atoms. The number of nitrogens with zero attached hydrogens (tertiary/aromatic N) is 1. The van der Waals surface area contributed by atoms with Crippen LogP contribution in [0.3, 0.4) is 0 Å². The molecule has 0 radical (unpaired) electrons. The molecule has 2 aliphatic heterocycles. The quantitative estimate of drug-likeness (QED) is 0.732. The van der Waals surface area contributed by atoms with E-state index >= 15 is 0 Å². The van der Waals surface area contributed by atoms with Gasteiger partial charge in [-0.1, -0.05) is 6.92 Å². The molecule has 8 heteroatoms. The molecule has 2 rings (SSSR count). The Morgan fingerprint density at radius 2 is 2.05 bits per heavy atom. The van der Waals surface area contributed by atoms with E-state index in [4.69, 9.17) is 0 Å². The van der Waals surface area contributed by atoms with E-state index in [-0.39, 0.29) is 24.1 Å². The Hall–Kier alpha value is -0.370. The normalized spacial score (nSPS) is 23.7. The van der Waals surface area contributed by atoms with Gasteiger partial charge in [0.25, 0.3) is 0 Å². The van der Waals surface area contributed by atoms with Crippen LogP contribution in [0.4, 0.5) is 0 Å². The highest BCUT2D eigenvalue weighted by atomic mass is 35.5. The molecule has 0 aromatic carbocycles. The van der Waals surface area contributed by atoms with Crippen LogP contribution in [0.15, 0.2) is 0 Å². The van der Waals surface area contributed by atoms with Crippen LogP contribution in [-0.2, 0) is 14.8 Å². The van der Waals surface area contributed by atoms with Crippen molar-refractivity contribution >= 4 is 28.3 Å². The highest BCUT2D eigenvalue weighted by Gasteiger charge is 2.27. The molecule has 0 saturated carbocycles. The van der Waals surface area contributed by atoms with Crippen molar-refractivity contribution in [3.63, 3.8) is 0 Å². The van der Waals surface area contributed by atoms with Crippen molar-refractivity contribution in [3.05, 3.63) is 0 Å². The summed E-state index contributed by atoms with van der Waals surface area (Å²) in [5.41, 5.74) is 0. The number of hydrogen-bond acceptors (Lipinski definition) is 4. The second-order valence-corrected chi connectivity index (χ2v) is 8.28. The monoisotopic (exact) mass is 353 g/mol. The van der Waals surface area contributed by atoms with Crippen molar-refractivity contribution in [2.24, 2.45) is 11.8 Å². The Morgan fingerprint density at radius 3 is 2.64 bits per heavy atom. The molecule has 22 heavy (non-hydrogen) atoms. The van der Waals surface area contributed by atoms with Gasteiger partial charge in [-0.25, -0.2) is 12.7 Å². The van der Waals surface area contributed by atoms with Gasteiger partial charge in [-0.2, -0.15) is 0 Å². The molecule has 6 nitrogen and oxygen atoms in total. The summed E-state index contributed by atoms with van der Waals surface area (Å²) in [4.78, 5) is 11.9. The minimum Gasteiger partial charge on any atom is -0.355 e. The molecule has 0 aromatic heterocycles. The molecule has 2 heterocycles. The zero-order chi connectivity index (χ0) is 15.3. The predicted molar refractivity (Wildman–Crippen MR) is 89.6 cm³/mol. The van der Waals surface area contributed by atoms with Crippen LogP contribution >= 0.6 is 12.4 Å². The fourth-order valence-electron chi connectivity index (χ4n) is 3.21. The zero-order valence-corrected chi connectivity index (χ0v) is 14.8. The number of carbonyl (C=O) groups excluding carboxylic acids is 1. The maximum atomic E-state index is 11.9. The molecule has 2 aliphatic rings. The summed E-state index contributed by atoms with van der Waals surface area (Å²) in [6, 6.07) is 0. The number of amides is 1. The summed E-state index contributed by atoms with van der Waals surface area (Å²) in [6.45, 7) is 5.63. The van der Waals surface area contributed by atoms with Gasteiger partial charge >= 0.3 is 0 Å². The van der Waals surface area contributed by atoms with Gasteiger partial charge in [0.05, 0.1) is 5.75 Å². The Balaban J connectivity index is 0.00000242. The first-order valence-electron chi connectivity index (χ1n) is 7.94. The second-order valence-electron chi connectivity index (χ2n) is 6.19. The standard InChI is InChI=1S/C14H27N3O3S.ClH/c1-12(13-3-5-15-6-4-13)11-14(18)16-7-9-17-8-2-10-21(17,19)20;/h12-13,15H,2-11H2,1H3,(H,16,18);1H. The topological polar surface area (TPSA) is 78.5 Å². The molecular formula is C14H28ClN3O3S. The van der Waals surface area contributed by atoms with Crippen molar-refractivity contribution in [2.45, 2.75) is 32.6 Å². The summed E-state index contributed by atoms with van der Waals surface area (Å²) in [5, 5.41) is 6.19. The van der Waals surface area contributed by atoms with Crippen molar-refractivity contribution in [1.29, 1.82) is 0 Å². The average molecular weight is 354 g/mol. The van der Waals surface area contributed by atoms with Crippen molar-refractivity contribution in [1.82, 2.24) is 14.9 Å². The number of carbonyl (C=O) groups is 1. The van der Waals surface area contributed by atoms with Gasteiger partial charge in [-0.15, -0.1) is 12.4 Å². The minimum atomic E-state index is -3.05. The van der Waals surface area contributed by atoms with Gasteiger partial charge in [0.15, 0.2) is 0 Å². The van der Waals surface area contributed by atoms with Crippen LogP contribution in [-0.4, -0.2) is 57.1 Å². The number of rotatable bonds is 6. The van der Waals surface area contributed by atoms with Crippen LogP contribution in [0.1, 0.15) is 32.6 Å². The average Bonchev–Trinajstić information content (AvgIpc) is 2.79. The van der Waals surface area contributed by atoms with Crippen molar-refractivity contribution < 1.29 is 13.2 Å². The van der Waals surface area contributed by atoms with Crippen LogP contribution in [0.5, 0.6) is 0 Å². The summed E-state index contributed by atoms with van der Waals surface area (Å²) < 4.78 is 24.7. The van der Waals surface area contributed by atoms with E-state index in [2.05, 4.69) is 17.6 Å². The third-order valence-electron chi connectivity index (χ3n) is 4.58. The molecule has 1 unspecified atom stereocenters. The second kappa shape index (κ2) is 9.05. The largest absolute Gasteiger partial charge is 0.355 e. The molecule has 0 aliphatic carbocycles. The fourth-order valence-corrected chi connectivity index (χ4v) is 4.74. The molecule has 0 aromatic rings. The smallest absolute Gasteiger partial charge is 0.220 e. The molecule has 2 fully saturated rings. The maximum absolute atomic E-state index is 11.9. The Bertz CT molecular complexity index is 452. The molecule has 1 atom stereocenters.